The van der Waals surface area contributed by atoms with Gasteiger partial charge >= 0.3 is 0 Å². The zero-order valence-corrected chi connectivity index (χ0v) is 11.5. The maximum absolute atomic E-state index is 11.8. The number of hydrogen-bond donors (Lipinski definition) is 0. The molecule has 0 saturated heterocycles. The zero-order valence-electron chi connectivity index (χ0n) is 11.5. The number of aryl methyl sites for hydroxylation is 1. The maximum atomic E-state index is 11.8. The molecule has 0 aliphatic carbocycles. The minimum absolute atomic E-state index is 0.261. The Morgan fingerprint density at radius 1 is 1.41 bits per heavy atom. The number of ketones is 1. The van der Waals surface area contributed by atoms with Gasteiger partial charge in [-0.2, -0.15) is 5.10 Å². The van der Waals surface area contributed by atoms with Crippen molar-refractivity contribution in [3.8, 4) is 0 Å². The Kier molecular flexibility index (Phi) is 4.43. The van der Waals surface area contributed by atoms with E-state index in [1.807, 2.05) is 25.5 Å². The minimum atomic E-state index is -0.261. The maximum Gasteiger partial charge on any atom is 0.138 e. The van der Waals surface area contributed by atoms with Gasteiger partial charge in [0.1, 0.15) is 17.9 Å². The Hall–Kier alpha value is -1.19. The lowest BCUT2D eigenvalue weighted by Gasteiger charge is -2.16. The molecule has 0 saturated carbocycles. The van der Waals surface area contributed by atoms with Crippen molar-refractivity contribution in [1.29, 1.82) is 0 Å². The molecule has 0 radical (unpaired) electrons. The molecular weight excluding hydrogens is 214 g/mol. The van der Waals surface area contributed by atoms with Crippen LogP contribution < -0.4 is 0 Å². The molecule has 0 fully saturated rings. The summed E-state index contributed by atoms with van der Waals surface area (Å²) in [7, 11) is 0. The van der Waals surface area contributed by atoms with Crippen LogP contribution in [-0.4, -0.2) is 20.5 Å². The fraction of sp³-hybridized carbons (Fsp3) is 0.769. The third kappa shape index (κ3) is 4.29. The monoisotopic (exact) mass is 237 g/mol. The molecule has 0 spiro atoms. The van der Waals surface area contributed by atoms with Crippen molar-refractivity contribution in [2.45, 2.75) is 54.0 Å². The van der Waals surface area contributed by atoms with E-state index in [0.29, 0.717) is 18.8 Å². The molecule has 0 N–H and O–H groups in total. The van der Waals surface area contributed by atoms with Gasteiger partial charge in [-0.3, -0.25) is 4.79 Å². The van der Waals surface area contributed by atoms with Crippen LogP contribution in [0.1, 0.15) is 46.9 Å². The van der Waals surface area contributed by atoms with Crippen LogP contribution in [0, 0.1) is 11.3 Å². The predicted molar refractivity (Wildman–Crippen MR) is 67.6 cm³/mol. The number of carbonyl (C=O) groups excluding carboxylic acids is 1. The number of aromatic nitrogens is 3. The lowest BCUT2D eigenvalue weighted by atomic mass is 9.88. The summed E-state index contributed by atoms with van der Waals surface area (Å²) >= 11 is 0. The van der Waals surface area contributed by atoms with E-state index in [2.05, 4.69) is 23.9 Å². The molecule has 4 nitrogen and oxygen atoms in total. The molecule has 0 bridgehead atoms. The summed E-state index contributed by atoms with van der Waals surface area (Å²) in [5.74, 6) is 1.72. The van der Waals surface area contributed by atoms with Gasteiger partial charge in [-0.1, -0.05) is 34.6 Å². The van der Waals surface area contributed by atoms with E-state index in [-0.39, 0.29) is 11.2 Å². The van der Waals surface area contributed by atoms with Crippen molar-refractivity contribution in [2.75, 3.05) is 0 Å². The first-order valence-corrected chi connectivity index (χ1v) is 6.20. The van der Waals surface area contributed by atoms with E-state index < -0.39 is 0 Å². The van der Waals surface area contributed by atoms with Crippen molar-refractivity contribution in [3.63, 3.8) is 0 Å². The third-order valence-electron chi connectivity index (χ3n) is 2.65. The SMILES string of the molecule is CC(C)Cn1ncnc1CCC(=O)C(C)(C)C. The zero-order chi connectivity index (χ0) is 13.1. The van der Waals surface area contributed by atoms with Crippen molar-refractivity contribution in [3.05, 3.63) is 12.2 Å². The molecule has 1 rings (SSSR count). The molecule has 0 aliphatic rings. The normalized spacial score (nSPS) is 12.1. The van der Waals surface area contributed by atoms with Gasteiger partial charge in [-0.15, -0.1) is 0 Å². The molecule has 0 unspecified atom stereocenters. The topological polar surface area (TPSA) is 47.8 Å². The fourth-order valence-corrected chi connectivity index (χ4v) is 1.58. The van der Waals surface area contributed by atoms with E-state index in [1.54, 1.807) is 6.33 Å². The van der Waals surface area contributed by atoms with Crippen LogP contribution in [0.3, 0.4) is 0 Å². The van der Waals surface area contributed by atoms with Gasteiger partial charge in [-0.05, 0) is 5.92 Å². The molecule has 0 aliphatic heterocycles. The summed E-state index contributed by atoms with van der Waals surface area (Å²) in [5.41, 5.74) is -0.261. The first kappa shape index (κ1) is 13.9. The third-order valence-corrected chi connectivity index (χ3v) is 2.65. The van der Waals surface area contributed by atoms with E-state index in [9.17, 15) is 4.79 Å². The van der Waals surface area contributed by atoms with Gasteiger partial charge in [0, 0.05) is 24.8 Å². The van der Waals surface area contributed by atoms with E-state index in [4.69, 9.17) is 0 Å². The second-order valence-corrected chi connectivity index (χ2v) is 5.93. The average molecular weight is 237 g/mol. The van der Waals surface area contributed by atoms with Gasteiger partial charge in [0.05, 0.1) is 0 Å². The average Bonchev–Trinajstić information content (AvgIpc) is 2.59. The number of rotatable bonds is 5. The van der Waals surface area contributed by atoms with Crippen LogP contribution in [-0.2, 0) is 17.8 Å². The molecule has 0 atom stereocenters. The second-order valence-electron chi connectivity index (χ2n) is 5.93. The number of hydrogen-bond acceptors (Lipinski definition) is 3. The van der Waals surface area contributed by atoms with Crippen molar-refractivity contribution in [2.24, 2.45) is 11.3 Å². The summed E-state index contributed by atoms with van der Waals surface area (Å²) in [6, 6.07) is 0. The molecular formula is C13H23N3O. The van der Waals surface area contributed by atoms with Crippen LogP contribution in [0.2, 0.25) is 0 Å². The van der Waals surface area contributed by atoms with Gasteiger partial charge in [0.15, 0.2) is 0 Å². The highest BCUT2D eigenvalue weighted by Crippen LogP contribution is 2.17. The number of carbonyl (C=O) groups is 1. The summed E-state index contributed by atoms with van der Waals surface area (Å²) in [5, 5.41) is 4.19. The lowest BCUT2D eigenvalue weighted by Crippen LogP contribution is -2.21. The van der Waals surface area contributed by atoms with Gasteiger partial charge < -0.3 is 0 Å². The molecule has 0 amide bonds. The highest BCUT2D eigenvalue weighted by molar-refractivity contribution is 5.83. The van der Waals surface area contributed by atoms with Crippen LogP contribution >= 0.6 is 0 Å². The van der Waals surface area contributed by atoms with Gasteiger partial charge in [-0.25, -0.2) is 9.67 Å². The second kappa shape index (κ2) is 5.43. The van der Waals surface area contributed by atoms with Crippen molar-refractivity contribution in [1.82, 2.24) is 14.8 Å². The fourth-order valence-electron chi connectivity index (χ4n) is 1.58. The summed E-state index contributed by atoms with van der Waals surface area (Å²) in [6.45, 7) is 11.0. The molecule has 4 heteroatoms. The molecule has 1 aromatic rings. The van der Waals surface area contributed by atoms with Crippen LogP contribution in [0.25, 0.3) is 0 Å². The Morgan fingerprint density at radius 2 is 2.06 bits per heavy atom. The van der Waals surface area contributed by atoms with Crippen LogP contribution in [0.4, 0.5) is 0 Å². The molecule has 17 heavy (non-hydrogen) atoms. The summed E-state index contributed by atoms with van der Waals surface area (Å²) < 4.78 is 1.90. The van der Waals surface area contributed by atoms with Crippen molar-refractivity contribution < 1.29 is 4.79 Å². The van der Waals surface area contributed by atoms with E-state index in [1.165, 1.54) is 0 Å². The standard InChI is InChI=1S/C13H23N3O/c1-10(2)8-16-12(14-9-15-16)7-6-11(17)13(3,4)5/h9-10H,6-8H2,1-5H3. The first-order valence-electron chi connectivity index (χ1n) is 6.20. The van der Waals surface area contributed by atoms with Crippen molar-refractivity contribution >= 4 is 5.78 Å². The molecule has 0 aromatic carbocycles. The number of nitrogens with zero attached hydrogens (tertiary/aromatic N) is 3. The highest BCUT2D eigenvalue weighted by Gasteiger charge is 2.21. The predicted octanol–water partition coefficient (Wildman–Crippen LogP) is 2.48. The van der Waals surface area contributed by atoms with Gasteiger partial charge in [0.25, 0.3) is 0 Å². The van der Waals surface area contributed by atoms with E-state index in [0.717, 1.165) is 12.4 Å². The Bertz CT molecular complexity index is 374. The first-order chi connectivity index (χ1) is 7.80. The smallest absolute Gasteiger partial charge is 0.138 e. The molecule has 1 aromatic heterocycles. The lowest BCUT2D eigenvalue weighted by molar-refractivity contribution is -0.126. The van der Waals surface area contributed by atoms with Crippen LogP contribution in [0.5, 0.6) is 0 Å². The molecule has 1 heterocycles. The highest BCUT2D eigenvalue weighted by atomic mass is 16.1. The van der Waals surface area contributed by atoms with E-state index >= 15 is 0 Å². The Morgan fingerprint density at radius 3 is 2.59 bits per heavy atom. The largest absolute Gasteiger partial charge is 0.299 e. The number of Topliss-reactive ketones (excluding diaryl/α,β-unsaturated/α-hetero) is 1. The summed E-state index contributed by atoms with van der Waals surface area (Å²) in [6.07, 6.45) is 2.79. The minimum Gasteiger partial charge on any atom is -0.299 e. The Balaban J connectivity index is 2.58. The summed E-state index contributed by atoms with van der Waals surface area (Å²) in [4.78, 5) is 16.1. The molecule has 96 valence electrons. The van der Waals surface area contributed by atoms with Crippen LogP contribution in [0.15, 0.2) is 6.33 Å². The quantitative estimate of drug-likeness (QED) is 0.790. The van der Waals surface area contributed by atoms with Gasteiger partial charge in [0.2, 0.25) is 0 Å². The Labute approximate surface area is 103 Å².